The molecule has 0 atom stereocenters. The van der Waals surface area contributed by atoms with Crippen LogP contribution in [0.15, 0.2) is 41.9 Å². The van der Waals surface area contributed by atoms with Gasteiger partial charge < -0.3 is 14.5 Å². The van der Waals surface area contributed by atoms with Gasteiger partial charge in [0.25, 0.3) is 0 Å². The molecule has 0 radical (unpaired) electrons. The lowest BCUT2D eigenvalue weighted by Crippen LogP contribution is -2.51. The zero-order chi connectivity index (χ0) is 25.3. The number of nitrogens with zero attached hydrogens (tertiary/aromatic N) is 3. The summed E-state index contributed by atoms with van der Waals surface area (Å²) in [6.45, 7) is 23.8. The number of carbonyl (C=O) groups excluding carboxylic acids is 1. The fourth-order valence-corrected chi connectivity index (χ4v) is 4.86. The molecule has 1 fully saturated rings. The van der Waals surface area contributed by atoms with E-state index in [1.165, 1.54) is 24.0 Å². The summed E-state index contributed by atoms with van der Waals surface area (Å²) >= 11 is 0. The molecular formula is C29H43N3O2. The summed E-state index contributed by atoms with van der Waals surface area (Å²) in [6, 6.07) is 6.86. The van der Waals surface area contributed by atoms with E-state index in [2.05, 4.69) is 63.4 Å². The Kier molecular flexibility index (Phi) is 7.35. The number of carbonyl (C=O) groups is 1. The lowest BCUT2D eigenvalue weighted by atomic mass is 9.63. The number of aliphatic imine (C=N–C) groups is 1. The average Bonchev–Trinajstić information content (AvgIpc) is 2.77. The summed E-state index contributed by atoms with van der Waals surface area (Å²) in [5.41, 5.74) is 4.84. The largest absolute Gasteiger partial charge is 0.444 e. The third kappa shape index (κ3) is 5.73. The van der Waals surface area contributed by atoms with E-state index in [0.717, 1.165) is 17.1 Å². The number of hydrogen-bond donors (Lipinski definition) is 0. The molecule has 0 saturated carbocycles. The molecule has 1 amide bonds. The Morgan fingerprint density at radius 1 is 1.00 bits per heavy atom. The van der Waals surface area contributed by atoms with Crippen LogP contribution >= 0.6 is 0 Å². The van der Waals surface area contributed by atoms with Gasteiger partial charge in [0, 0.05) is 31.7 Å². The topological polar surface area (TPSA) is 45.1 Å². The van der Waals surface area contributed by atoms with E-state index in [1.807, 2.05) is 33.8 Å². The number of ether oxygens (including phenoxy) is 1. The van der Waals surface area contributed by atoms with E-state index >= 15 is 0 Å². The van der Waals surface area contributed by atoms with Crippen LogP contribution < -0.4 is 0 Å². The number of amidine groups is 1. The maximum absolute atomic E-state index is 12.4. The molecule has 1 heterocycles. The molecule has 5 nitrogen and oxygen atoms in total. The minimum atomic E-state index is -0.485. The predicted octanol–water partition coefficient (Wildman–Crippen LogP) is 6.53. The highest BCUT2D eigenvalue weighted by Gasteiger charge is 2.37. The number of rotatable bonds is 3. The first kappa shape index (κ1) is 26.1. The van der Waals surface area contributed by atoms with Crippen molar-refractivity contribution in [2.24, 2.45) is 4.99 Å². The Morgan fingerprint density at radius 3 is 2.09 bits per heavy atom. The van der Waals surface area contributed by atoms with Crippen LogP contribution in [0.3, 0.4) is 0 Å². The summed E-state index contributed by atoms with van der Waals surface area (Å²) < 4.78 is 5.52. The van der Waals surface area contributed by atoms with Crippen LogP contribution in [0.2, 0.25) is 0 Å². The van der Waals surface area contributed by atoms with Crippen molar-refractivity contribution in [1.82, 2.24) is 9.80 Å². The average molecular weight is 466 g/mol. The Balaban J connectivity index is 1.80. The summed E-state index contributed by atoms with van der Waals surface area (Å²) in [6.07, 6.45) is 6.03. The van der Waals surface area contributed by atoms with Crippen molar-refractivity contribution < 1.29 is 9.53 Å². The molecular weight excluding hydrogens is 422 g/mol. The smallest absolute Gasteiger partial charge is 0.410 e. The van der Waals surface area contributed by atoms with Gasteiger partial charge in [-0.15, -0.1) is 0 Å². The SMILES string of the molecule is C=CC(=N/C(=C\C)c1ccc2c(c1)C(C)(C)CCC2(C)C)N1CCN(C(=O)OC(C)(C)C)CC1. The molecule has 186 valence electrons. The summed E-state index contributed by atoms with van der Waals surface area (Å²) in [5, 5.41) is 0. The zero-order valence-electron chi connectivity index (χ0n) is 22.5. The van der Waals surface area contributed by atoms with E-state index in [4.69, 9.17) is 9.73 Å². The molecule has 3 rings (SSSR count). The van der Waals surface area contributed by atoms with Gasteiger partial charge in [-0.2, -0.15) is 0 Å². The number of hydrogen-bond acceptors (Lipinski definition) is 3. The number of allylic oxidation sites excluding steroid dienone is 1. The summed E-state index contributed by atoms with van der Waals surface area (Å²) in [7, 11) is 0. The Labute approximate surface area is 206 Å². The molecule has 0 spiro atoms. The Bertz CT molecular complexity index is 987. The van der Waals surface area contributed by atoms with Crippen LogP contribution in [0, 0.1) is 0 Å². The van der Waals surface area contributed by atoms with E-state index in [0.29, 0.717) is 26.2 Å². The molecule has 0 bridgehead atoms. The number of fused-ring (bicyclic) bond motifs is 1. The van der Waals surface area contributed by atoms with Gasteiger partial charge in [0.1, 0.15) is 11.4 Å². The van der Waals surface area contributed by atoms with Crippen LogP contribution in [0.1, 0.15) is 84.9 Å². The first-order valence-corrected chi connectivity index (χ1v) is 12.5. The molecule has 1 aromatic rings. The summed E-state index contributed by atoms with van der Waals surface area (Å²) in [4.78, 5) is 21.4. The number of benzene rings is 1. The fraction of sp³-hybridized carbons (Fsp3) is 0.586. The highest BCUT2D eigenvalue weighted by Crippen LogP contribution is 2.46. The fourth-order valence-electron chi connectivity index (χ4n) is 4.86. The zero-order valence-corrected chi connectivity index (χ0v) is 22.5. The van der Waals surface area contributed by atoms with Crippen LogP contribution in [-0.4, -0.2) is 53.5 Å². The van der Waals surface area contributed by atoms with E-state index in [1.54, 1.807) is 4.90 Å². The van der Waals surface area contributed by atoms with E-state index in [-0.39, 0.29) is 16.9 Å². The molecule has 2 aliphatic rings. The molecule has 0 aromatic heterocycles. The maximum atomic E-state index is 12.4. The van der Waals surface area contributed by atoms with Crippen molar-refractivity contribution in [2.45, 2.75) is 84.7 Å². The molecule has 34 heavy (non-hydrogen) atoms. The number of amides is 1. The van der Waals surface area contributed by atoms with Crippen LogP contribution in [0.4, 0.5) is 4.79 Å². The maximum Gasteiger partial charge on any atom is 0.410 e. The van der Waals surface area contributed by atoms with Crippen molar-refractivity contribution in [3.05, 3.63) is 53.6 Å². The van der Waals surface area contributed by atoms with Gasteiger partial charge in [-0.1, -0.05) is 52.5 Å². The molecule has 1 aromatic carbocycles. The predicted molar refractivity (Wildman–Crippen MR) is 142 cm³/mol. The van der Waals surface area contributed by atoms with Gasteiger partial charge in [-0.3, -0.25) is 0 Å². The Hall–Kier alpha value is -2.56. The van der Waals surface area contributed by atoms with Crippen molar-refractivity contribution >= 4 is 17.6 Å². The monoisotopic (exact) mass is 465 g/mol. The highest BCUT2D eigenvalue weighted by atomic mass is 16.6. The number of piperazine rings is 1. The van der Waals surface area contributed by atoms with Gasteiger partial charge in [-0.25, -0.2) is 9.79 Å². The molecule has 1 aliphatic heterocycles. The van der Waals surface area contributed by atoms with Gasteiger partial charge in [0.15, 0.2) is 0 Å². The van der Waals surface area contributed by atoms with Crippen LogP contribution in [0.25, 0.3) is 5.70 Å². The molecule has 1 aliphatic carbocycles. The normalized spacial score (nSPS) is 20.6. The van der Waals surface area contributed by atoms with Crippen LogP contribution in [-0.2, 0) is 15.6 Å². The van der Waals surface area contributed by atoms with E-state index in [9.17, 15) is 4.79 Å². The second kappa shape index (κ2) is 9.59. The van der Waals surface area contributed by atoms with Gasteiger partial charge in [0.05, 0.1) is 5.70 Å². The first-order valence-electron chi connectivity index (χ1n) is 12.5. The lowest BCUT2D eigenvalue weighted by Gasteiger charge is -2.42. The van der Waals surface area contributed by atoms with Gasteiger partial charge in [0.2, 0.25) is 0 Å². The van der Waals surface area contributed by atoms with Crippen LogP contribution in [0.5, 0.6) is 0 Å². The van der Waals surface area contributed by atoms with Crippen molar-refractivity contribution in [3.8, 4) is 0 Å². The van der Waals surface area contributed by atoms with Crippen molar-refractivity contribution in [3.63, 3.8) is 0 Å². The second-order valence-electron chi connectivity index (χ2n) is 11.8. The molecule has 1 saturated heterocycles. The standard InChI is InChI=1S/C29H43N3O2/c1-10-24(21-12-13-22-23(20-21)29(8,9)15-14-28(22,6)7)30-25(11-2)31-16-18-32(19-17-31)26(33)34-27(3,4)5/h10-13,20H,2,14-19H2,1,3-9H3/b24-10-,30-25?. The molecule has 0 unspecified atom stereocenters. The Morgan fingerprint density at radius 2 is 1.56 bits per heavy atom. The minimum Gasteiger partial charge on any atom is -0.444 e. The molecule has 0 N–H and O–H groups in total. The van der Waals surface area contributed by atoms with Crippen molar-refractivity contribution in [1.29, 1.82) is 0 Å². The van der Waals surface area contributed by atoms with E-state index < -0.39 is 5.60 Å². The third-order valence-electron chi connectivity index (χ3n) is 7.09. The highest BCUT2D eigenvalue weighted by molar-refractivity contribution is 5.96. The second-order valence-corrected chi connectivity index (χ2v) is 11.8. The first-order chi connectivity index (χ1) is 15.8. The van der Waals surface area contributed by atoms with Crippen molar-refractivity contribution in [2.75, 3.05) is 26.2 Å². The lowest BCUT2D eigenvalue weighted by molar-refractivity contribution is 0.0187. The molecule has 5 heteroatoms. The summed E-state index contributed by atoms with van der Waals surface area (Å²) in [5.74, 6) is 0.842. The van der Waals surface area contributed by atoms with Gasteiger partial charge in [-0.05, 0) is 74.6 Å². The minimum absolute atomic E-state index is 0.155. The quantitative estimate of drug-likeness (QED) is 0.376. The third-order valence-corrected chi connectivity index (χ3v) is 7.09. The van der Waals surface area contributed by atoms with Gasteiger partial charge >= 0.3 is 6.09 Å².